The zero-order valence-electron chi connectivity index (χ0n) is 12.9. The van der Waals surface area contributed by atoms with Gasteiger partial charge in [-0.15, -0.1) is 0 Å². The van der Waals surface area contributed by atoms with Gasteiger partial charge in [0.2, 0.25) is 0 Å². The van der Waals surface area contributed by atoms with Crippen LogP contribution in [0, 0.1) is 0 Å². The molecule has 1 aliphatic carbocycles. The SMILES string of the molecule is CCCCC=C(C(=O)O)C1(N2CCCCC2)CCCC1. The van der Waals surface area contributed by atoms with Crippen LogP contribution in [0.5, 0.6) is 0 Å². The van der Waals surface area contributed by atoms with Gasteiger partial charge in [0.1, 0.15) is 0 Å². The first-order valence-corrected chi connectivity index (χ1v) is 8.39. The van der Waals surface area contributed by atoms with Crippen LogP contribution < -0.4 is 0 Å². The van der Waals surface area contributed by atoms with Crippen molar-refractivity contribution in [2.75, 3.05) is 13.1 Å². The number of rotatable bonds is 6. The van der Waals surface area contributed by atoms with Crippen LogP contribution in [0.1, 0.15) is 71.1 Å². The molecule has 114 valence electrons. The van der Waals surface area contributed by atoms with E-state index in [9.17, 15) is 9.90 Å². The van der Waals surface area contributed by atoms with Gasteiger partial charge < -0.3 is 5.11 Å². The molecule has 1 N–H and O–H groups in total. The number of nitrogens with zero attached hydrogens (tertiary/aromatic N) is 1. The number of hydrogen-bond acceptors (Lipinski definition) is 2. The van der Waals surface area contributed by atoms with Crippen LogP contribution in [0.3, 0.4) is 0 Å². The van der Waals surface area contributed by atoms with Crippen LogP contribution in [0.25, 0.3) is 0 Å². The average Bonchev–Trinajstić information content (AvgIpc) is 2.94. The molecule has 0 amide bonds. The van der Waals surface area contributed by atoms with Gasteiger partial charge in [0.25, 0.3) is 0 Å². The predicted octanol–water partition coefficient (Wildman–Crippen LogP) is 3.99. The van der Waals surface area contributed by atoms with Crippen molar-refractivity contribution in [1.82, 2.24) is 4.90 Å². The van der Waals surface area contributed by atoms with Crippen LogP contribution >= 0.6 is 0 Å². The molecule has 0 aromatic rings. The smallest absolute Gasteiger partial charge is 0.333 e. The second-order valence-corrected chi connectivity index (χ2v) is 6.35. The monoisotopic (exact) mass is 279 g/mol. The Balaban J connectivity index is 2.23. The third-order valence-corrected chi connectivity index (χ3v) is 5.03. The highest BCUT2D eigenvalue weighted by molar-refractivity contribution is 5.89. The first-order valence-electron chi connectivity index (χ1n) is 8.39. The summed E-state index contributed by atoms with van der Waals surface area (Å²) >= 11 is 0. The van der Waals surface area contributed by atoms with Gasteiger partial charge in [0.15, 0.2) is 0 Å². The van der Waals surface area contributed by atoms with E-state index in [4.69, 9.17) is 0 Å². The van der Waals surface area contributed by atoms with Crippen molar-refractivity contribution < 1.29 is 9.90 Å². The number of likely N-dealkylation sites (tertiary alicyclic amines) is 1. The summed E-state index contributed by atoms with van der Waals surface area (Å²) in [5.41, 5.74) is 0.547. The largest absolute Gasteiger partial charge is 0.478 e. The minimum atomic E-state index is -0.687. The number of aliphatic carboxylic acids is 1. The van der Waals surface area contributed by atoms with E-state index in [0.717, 1.165) is 45.2 Å². The van der Waals surface area contributed by atoms with Gasteiger partial charge in [0, 0.05) is 0 Å². The van der Waals surface area contributed by atoms with Crippen molar-refractivity contribution >= 4 is 5.97 Å². The van der Waals surface area contributed by atoms with Crippen molar-refractivity contribution in [3.63, 3.8) is 0 Å². The van der Waals surface area contributed by atoms with E-state index in [1.807, 2.05) is 6.08 Å². The Morgan fingerprint density at radius 1 is 1.15 bits per heavy atom. The molecule has 2 fully saturated rings. The number of unbranched alkanes of at least 4 members (excludes halogenated alkanes) is 2. The Hall–Kier alpha value is -0.830. The first-order chi connectivity index (χ1) is 9.70. The predicted molar refractivity (Wildman–Crippen MR) is 81.9 cm³/mol. The summed E-state index contributed by atoms with van der Waals surface area (Å²) in [7, 11) is 0. The van der Waals surface area contributed by atoms with Gasteiger partial charge in [-0.3, -0.25) is 4.90 Å². The Labute approximate surface area is 123 Å². The zero-order chi connectivity index (χ0) is 14.4. The lowest BCUT2D eigenvalue weighted by Gasteiger charge is -2.44. The minimum Gasteiger partial charge on any atom is -0.478 e. The summed E-state index contributed by atoms with van der Waals surface area (Å²) in [5.74, 6) is -0.687. The number of carboxylic acid groups (broad SMARTS) is 1. The molecule has 1 saturated heterocycles. The quantitative estimate of drug-likeness (QED) is 0.590. The molecule has 0 spiro atoms. The summed E-state index contributed by atoms with van der Waals surface area (Å²) in [4.78, 5) is 14.3. The number of carboxylic acids is 1. The fourth-order valence-electron chi connectivity index (χ4n) is 3.96. The number of piperidine rings is 1. The van der Waals surface area contributed by atoms with Crippen molar-refractivity contribution in [3.8, 4) is 0 Å². The highest BCUT2D eigenvalue weighted by Crippen LogP contribution is 2.42. The molecule has 0 unspecified atom stereocenters. The number of carbonyl (C=O) groups is 1. The van der Waals surface area contributed by atoms with Crippen LogP contribution in [-0.2, 0) is 4.79 Å². The van der Waals surface area contributed by atoms with Crippen LogP contribution in [-0.4, -0.2) is 34.6 Å². The lowest BCUT2D eigenvalue weighted by molar-refractivity contribution is -0.134. The van der Waals surface area contributed by atoms with Gasteiger partial charge in [-0.25, -0.2) is 4.79 Å². The number of hydrogen-bond donors (Lipinski definition) is 1. The lowest BCUT2D eigenvalue weighted by Crippen LogP contribution is -2.52. The van der Waals surface area contributed by atoms with Crippen LogP contribution in [0.4, 0.5) is 0 Å². The average molecular weight is 279 g/mol. The lowest BCUT2D eigenvalue weighted by atomic mass is 9.83. The maximum absolute atomic E-state index is 11.8. The Morgan fingerprint density at radius 3 is 2.35 bits per heavy atom. The summed E-state index contributed by atoms with van der Waals surface area (Å²) in [6.07, 6.45) is 13.3. The molecule has 1 aliphatic heterocycles. The van der Waals surface area contributed by atoms with E-state index in [2.05, 4.69) is 11.8 Å². The third kappa shape index (κ3) is 3.25. The van der Waals surface area contributed by atoms with E-state index in [-0.39, 0.29) is 5.54 Å². The molecular weight excluding hydrogens is 250 g/mol. The van der Waals surface area contributed by atoms with Crippen LogP contribution in [0.15, 0.2) is 11.6 Å². The van der Waals surface area contributed by atoms with Crippen LogP contribution in [0.2, 0.25) is 0 Å². The third-order valence-electron chi connectivity index (χ3n) is 5.03. The van der Waals surface area contributed by atoms with Crippen molar-refractivity contribution in [2.45, 2.75) is 76.7 Å². The molecule has 1 heterocycles. The standard InChI is InChI=1S/C17H29NO2/c1-2-3-5-10-15(16(19)20)17(11-6-7-12-17)18-13-8-4-9-14-18/h10H,2-9,11-14H2,1H3,(H,19,20). The molecule has 0 aromatic heterocycles. The molecule has 1 saturated carbocycles. The summed E-state index contributed by atoms with van der Waals surface area (Å²) in [5, 5.41) is 9.73. The normalized spacial score (nSPS) is 23.9. The van der Waals surface area contributed by atoms with E-state index in [1.165, 1.54) is 32.1 Å². The first kappa shape index (κ1) is 15.6. The van der Waals surface area contributed by atoms with Crippen molar-refractivity contribution in [2.24, 2.45) is 0 Å². The highest BCUT2D eigenvalue weighted by Gasteiger charge is 2.45. The molecule has 20 heavy (non-hydrogen) atoms. The molecule has 2 rings (SSSR count). The number of allylic oxidation sites excluding steroid dienone is 1. The van der Waals surface area contributed by atoms with Crippen molar-refractivity contribution in [1.29, 1.82) is 0 Å². The highest BCUT2D eigenvalue weighted by atomic mass is 16.4. The summed E-state index contributed by atoms with van der Waals surface area (Å²) < 4.78 is 0. The van der Waals surface area contributed by atoms with Gasteiger partial charge in [-0.1, -0.05) is 45.1 Å². The fourth-order valence-corrected chi connectivity index (χ4v) is 3.96. The zero-order valence-corrected chi connectivity index (χ0v) is 12.9. The van der Waals surface area contributed by atoms with Gasteiger partial charge in [-0.2, -0.15) is 0 Å². The molecule has 0 atom stereocenters. The second-order valence-electron chi connectivity index (χ2n) is 6.35. The summed E-state index contributed by atoms with van der Waals surface area (Å²) in [6, 6.07) is 0. The molecule has 3 heteroatoms. The van der Waals surface area contributed by atoms with E-state index < -0.39 is 5.97 Å². The maximum Gasteiger partial charge on any atom is 0.333 e. The molecule has 0 aromatic carbocycles. The molecule has 0 radical (unpaired) electrons. The second kappa shape index (κ2) is 7.26. The van der Waals surface area contributed by atoms with Crippen molar-refractivity contribution in [3.05, 3.63) is 11.6 Å². The van der Waals surface area contributed by atoms with Gasteiger partial charge in [-0.05, 0) is 45.2 Å². The van der Waals surface area contributed by atoms with E-state index in [1.54, 1.807) is 0 Å². The Morgan fingerprint density at radius 2 is 1.80 bits per heavy atom. The van der Waals surface area contributed by atoms with Gasteiger partial charge in [0.05, 0.1) is 11.1 Å². The Bertz CT molecular complexity index is 350. The molecule has 0 bridgehead atoms. The summed E-state index contributed by atoms with van der Waals surface area (Å²) in [6.45, 7) is 4.32. The van der Waals surface area contributed by atoms with E-state index >= 15 is 0 Å². The van der Waals surface area contributed by atoms with E-state index in [0.29, 0.717) is 5.57 Å². The fraction of sp³-hybridized carbons (Fsp3) is 0.824. The van der Waals surface area contributed by atoms with Gasteiger partial charge >= 0.3 is 5.97 Å². The molecular formula is C17H29NO2. The topological polar surface area (TPSA) is 40.5 Å². The Kier molecular flexibility index (Phi) is 5.64. The maximum atomic E-state index is 11.8. The minimum absolute atomic E-state index is 0.153. The molecule has 3 nitrogen and oxygen atoms in total. The molecule has 2 aliphatic rings.